The third kappa shape index (κ3) is 4.35. The van der Waals surface area contributed by atoms with Gasteiger partial charge in [0.05, 0.1) is 12.8 Å². The molecule has 0 unspecified atom stereocenters. The van der Waals surface area contributed by atoms with E-state index in [1.165, 1.54) is 11.3 Å². The Labute approximate surface area is 155 Å². The van der Waals surface area contributed by atoms with Gasteiger partial charge in [-0.15, -0.1) is 0 Å². The average molecular weight is 353 g/mol. The number of nitrogens with two attached hydrogens (primary N) is 1. The molecule has 5 nitrogen and oxygen atoms in total. The Morgan fingerprint density at radius 2 is 1.88 bits per heavy atom. The molecule has 1 heterocycles. The van der Waals surface area contributed by atoms with Crippen LogP contribution >= 0.6 is 0 Å². The molecular formula is C21H27N3O2. The number of Topliss-reactive ketones (excluding diaryl/α,β-unsaturated/α-hetero) is 1. The zero-order valence-corrected chi connectivity index (χ0v) is 15.6. The second-order valence-corrected chi connectivity index (χ2v) is 6.80. The van der Waals surface area contributed by atoms with Crippen molar-refractivity contribution in [3.8, 4) is 5.75 Å². The van der Waals surface area contributed by atoms with Crippen LogP contribution in [0.2, 0.25) is 0 Å². The number of hydrogen-bond donors (Lipinski definition) is 1. The quantitative estimate of drug-likeness (QED) is 0.639. The molecule has 0 aromatic heterocycles. The van der Waals surface area contributed by atoms with Crippen LogP contribution in [0.25, 0.3) is 0 Å². The summed E-state index contributed by atoms with van der Waals surface area (Å²) >= 11 is 0. The van der Waals surface area contributed by atoms with E-state index >= 15 is 0 Å². The van der Waals surface area contributed by atoms with Crippen LogP contribution in [0.1, 0.15) is 22.3 Å². The van der Waals surface area contributed by atoms with Gasteiger partial charge in [-0.3, -0.25) is 9.69 Å². The van der Waals surface area contributed by atoms with Crippen LogP contribution in [0.15, 0.2) is 42.5 Å². The van der Waals surface area contributed by atoms with E-state index in [2.05, 4.69) is 41.0 Å². The number of nitrogen functional groups attached to an aromatic ring is 1. The van der Waals surface area contributed by atoms with Crippen molar-refractivity contribution in [2.24, 2.45) is 0 Å². The Morgan fingerprint density at radius 3 is 2.54 bits per heavy atom. The van der Waals surface area contributed by atoms with Crippen molar-refractivity contribution in [3.05, 3.63) is 53.6 Å². The lowest BCUT2D eigenvalue weighted by Crippen LogP contribution is -2.46. The first kappa shape index (κ1) is 18.3. The summed E-state index contributed by atoms with van der Waals surface area (Å²) in [6, 6.07) is 13.9. The zero-order valence-electron chi connectivity index (χ0n) is 15.6. The van der Waals surface area contributed by atoms with E-state index < -0.39 is 0 Å². The van der Waals surface area contributed by atoms with E-state index in [0.29, 0.717) is 23.4 Å². The number of hydrogen-bond acceptors (Lipinski definition) is 5. The summed E-state index contributed by atoms with van der Waals surface area (Å²) in [4.78, 5) is 17.2. The zero-order chi connectivity index (χ0) is 18.5. The number of rotatable bonds is 6. The van der Waals surface area contributed by atoms with Crippen LogP contribution in [0, 0.1) is 6.92 Å². The number of benzene rings is 2. The van der Waals surface area contributed by atoms with Crippen LogP contribution in [-0.2, 0) is 0 Å². The van der Waals surface area contributed by atoms with Gasteiger partial charge in [0, 0.05) is 50.4 Å². The molecule has 0 aliphatic carbocycles. The minimum Gasteiger partial charge on any atom is -0.495 e. The summed E-state index contributed by atoms with van der Waals surface area (Å²) in [5.74, 6) is 0.731. The highest BCUT2D eigenvalue weighted by Crippen LogP contribution is 2.23. The molecule has 1 fully saturated rings. The molecule has 0 amide bonds. The van der Waals surface area contributed by atoms with E-state index in [-0.39, 0.29) is 5.78 Å². The lowest BCUT2D eigenvalue weighted by molar-refractivity contribution is 0.0962. The SMILES string of the molecule is COc1ccc(C(=O)CCN2CCN(c3cccc(C)c3)CC2)cc1N. The standard InChI is InChI=1S/C21H27N3O2/c1-16-4-3-5-18(14-16)24-12-10-23(11-13-24)9-8-20(25)17-6-7-21(26-2)19(22)15-17/h3-7,14-15H,8-13,22H2,1-2H3. The molecule has 2 aromatic rings. The molecule has 1 saturated heterocycles. The normalized spacial score (nSPS) is 15.1. The molecule has 0 saturated carbocycles. The summed E-state index contributed by atoms with van der Waals surface area (Å²) < 4.78 is 5.14. The van der Waals surface area contributed by atoms with E-state index in [9.17, 15) is 4.79 Å². The Kier molecular flexibility index (Phi) is 5.78. The number of piperazine rings is 1. The second kappa shape index (κ2) is 8.23. The first-order valence-corrected chi connectivity index (χ1v) is 9.07. The maximum Gasteiger partial charge on any atom is 0.164 e. The maximum absolute atomic E-state index is 12.4. The third-order valence-corrected chi connectivity index (χ3v) is 4.95. The second-order valence-electron chi connectivity index (χ2n) is 6.80. The molecule has 26 heavy (non-hydrogen) atoms. The molecule has 138 valence electrons. The number of carbonyl (C=O) groups is 1. The van der Waals surface area contributed by atoms with Crippen molar-refractivity contribution in [3.63, 3.8) is 0 Å². The van der Waals surface area contributed by atoms with Gasteiger partial charge >= 0.3 is 0 Å². The van der Waals surface area contributed by atoms with E-state index in [4.69, 9.17) is 10.5 Å². The van der Waals surface area contributed by atoms with Crippen molar-refractivity contribution in [1.82, 2.24) is 4.90 Å². The van der Waals surface area contributed by atoms with Gasteiger partial charge in [0.2, 0.25) is 0 Å². The fourth-order valence-electron chi connectivity index (χ4n) is 3.37. The fraction of sp³-hybridized carbons (Fsp3) is 0.381. The van der Waals surface area contributed by atoms with Crippen LogP contribution in [0.3, 0.4) is 0 Å². The highest BCUT2D eigenvalue weighted by molar-refractivity contribution is 5.97. The van der Waals surface area contributed by atoms with Gasteiger partial charge < -0.3 is 15.4 Å². The van der Waals surface area contributed by atoms with Crippen molar-refractivity contribution in [1.29, 1.82) is 0 Å². The number of ketones is 1. The molecule has 5 heteroatoms. The molecule has 2 N–H and O–H groups in total. The molecule has 0 bridgehead atoms. The van der Waals surface area contributed by atoms with Crippen molar-refractivity contribution in [2.75, 3.05) is 50.5 Å². The van der Waals surface area contributed by atoms with Gasteiger partial charge in [0.1, 0.15) is 5.75 Å². The maximum atomic E-state index is 12.4. The topological polar surface area (TPSA) is 58.8 Å². The monoisotopic (exact) mass is 353 g/mol. The summed E-state index contributed by atoms with van der Waals surface area (Å²) in [5.41, 5.74) is 9.63. The summed E-state index contributed by atoms with van der Waals surface area (Å²) in [7, 11) is 1.57. The molecule has 1 aliphatic heterocycles. The first-order valence-electron chi connectivity index (χ1n) is 9.07. The minimum absolute atomic E-state index is 0.125. The van der Waals surface area contributed by atoms with Crippen LogP contribution in [0.4, 0.5) is 11.4 Å². The Bertz CT molecular complexity index is 768. The van der Waals surface area contributed by atoms with Gasteiger partial charge in [-0.2, -0.15) is 0 Å². The van der Waals surface area contributed by atoms with Crippen LogP contribution in [0.5, 0.6) is 5.75 Å². The number of carbonyl (C=O) groups excluding carboxylic acids is 1. The predicted molar refractivity (Wildman–Crippen MR) is 106 cm³/mol. The summed E-state index contributed by atoms with van der Waals surface area (Å²) in [6.07, 6.45) is 0.510. The summed E-state index contributed by atoms with van der Waals surface area (Å²) in [6.45, 7) is 6.85. The highest BCUT2D eigenvalue weighted by atomic mass is 16.5. The van der Waals surface area contributed by atoms with E-state index in [1.807, 2.05) is 0 Å². The van der Waals surface area contributed by atoms with Crippen molar-refractivity contribution >= 4 is 17.2 Å². The fourth-order valence-corrected chi connectivity index (χ4v) is 3.37. The molecule has 0 spiro atoms. The Hall–Kier alpha value is -2.53. The Balaban J connectivity index is 1.49. The molecule has 2 aromatic carbocycles. The van der Waals surface area contributed by atoms with Crippen molar-refractivity contribution in [2.45, 2.75) is 13.3 Å². The summed E-state index contributed by atoms with van der Waals surface area (Å²) in [5, 5.41) is 0. The van der Waals surface area contributed by atoms with Gasteiger partial charge in [0.25, 0.3) is 0 Å². The van der Waals surface area contributed by atoms with Crippen LogP contribution in [-0.4, -0.2) is 50.5 Å². The van der Waals surface area contributed by atoms with Crippen molar-refractivity contribution < 1.29 is 9.53 Å². The number of methoxy groups -OCH3 is 1. The van der Waals surface area contributed by atoms with Gasteiger partial charge in [0.15, 0.2) is 5.78 Å². The number of nitrogens with zero attached hydrogens (tertiary/aromatic N) is 2. The third-order valence-electron chi connectivity index (χ3n) is 4.95. The lowest BCUT2D eigenvalue weighted by atomic mass is 10.1. The Morgan fingerprint density at radius 1 is 1.12 bits per heavy atom. The van der Waals surface area contributed by atoms with Gasteiger partial charge in [-0.05, 0) is 42.8 Å². The highest BCUT2D eigenvalue weighted by Gasteiger charge is 2.18. The number of aryl methyl sites for hydroxylation is 1. The lowest BCUT2D eigenvalue weighted by Gasteiger charge is -2.36. The smallest absolute Gasteiger partial charge is 0.164 e. The molecule has 0 radical (unpaired) electrons. The average Bonchev–Trinajstić information content (AvgIpc) is 2.66. The number of anilines is 2. The van der Waals surface area contributed by atoms with Gasteiger partial charge in [-0.1, -0.05) is 12.1 Å². The minimum atomic E-state index is 0.125. The van der Waals surface area contributed by atoms with Crippen LogP contribution < -0.4 is 15.4 Å². The number of ether oxygens (including phenoxy) is 1. The molecular weight excluding hydrogens is 326 g/mol. The molecule has 1 aliphatic rings. The van der Waals surface area contributed by atoms with E-state index in [1.54, 1.807) is 25.3 Å². The first-order chi connectivity index (χ1) is 12.6. The van der Waals surface area contributed by atoms with Gasteiger partial charge in [-0.25, -0.2) is 0 Å². The molecule has 0 atom stereocenters. The largest absolute Gasteiger partial charge is 0.495 e. The predicted octanol–water partition coefficient (Wildman–Crippen LogP) is 2.98. The van der Waals surface area contributed by atoms with E-state index in [0.717, 1.165) is 32.7 Å². The molecule has 3 rings (SSSR count).